The van der Waals surface area contributed by atoms with Gasteiger partial charge in [0, 0.05) is 30.0 Å². The lowest BCUT2D eigenvalue weighted by Crippen LogP contribution is -2.32. The van der Waals surface area contributed by atoms with Gasteiger partial charge in [0.15, 0.2) is 5.78 Å². The molecular weight excluding hydrogens is 427 g/mol. The van der Waals surface area contributed by atoms with Crippen LogP contribution in [0.3, 0.4) is 0 Å². The van der Waals surface area contributed by atoms with Crippen molar-refractivity contribution in [3.05, 3.63) is 63.6 Å². The van der Waals surface area contributed by atoms with Crippen molar-refractivity contribution in [2.45, 2.75) is 64.8 Å². The highest BCUT2D eigenvalue weighted by atomic mass is 19.1. The Kier molecular flexibility index (Phi) is 8.79. The van der Waals surface area contributed by atoms with Gasteiger partial charge in [-0.3, -0.25) is 19.2 Å². The molecular formula is C25H31FN2O5. The molecule has 0 saturated carbocycles. The third-order valence-corrected chi connectivity index (χ3v) is 5.71. The average molecular weight is 459 g/mol. The molecule has 8 heteroatoms. The van der Waals surface area contributed by atoms with Crippen LogP contribution in [0.5, 0.6) is 0 Å². The van der Waals surface area contributed by atoms with Crippen LogP contribution in [0.15, 0.2) is 41.3 Å². The average Bonchev–Trinajstić information content (AvgIpc) is 2.75. The van der Waals surface area contributed by atoms with Gasteiger partial charge in [0.2, 0.25) is 0 Å². The zero-order valence-corrected chi connectivity index (χ0v) is 19.5. The second kappa shape index (κ2) is 11.1. The van der Waals surface area contributed by atoms with Gasteiger partial charge >= 0.3 is 5.97 Å². The van der Waals surface area contributed by atoms with Crippen molar-refractivity contribution in [2.24, 2.45) is 5.92 Å². The number of rotatable bonds is 11. The second-order valence-electron chi connectivity index (χ2n) is 9.18. The predicted octanol–water partition coefficient (Wildman–Crippen LogP) is 3.67. The summed E-state index contributed by atoms with van der Waals surface area (Å²) in [5.41, 5.74) is 1.68. The van der Waals surface area contributed by atoms with E-state index in [-0.39, 0.29) is 23.9 Å². The molecule has 0 spiro atoms. The van der Waals surface area contributed by atoms with Crippen molar-refractivity contribution < 1.29 is 23.9 Å². The van der Waals surface area contributed by atoms with Crippen molar-refractivity contribution >= 4 is 17.5 Å². The summed E-state index contributed by atoms with van der Waals surface area (Å²) in [6.45, 7) is 6.86. The van der Waals surface area contributed by atoms with Gasteiger partial charge in [-0.2, -0.15) is 5.10 Å². The minimum atomic E-state index is -1.34. The van der Waals surface area contributed by atoms with E-state index >= 15 is 0 Å². The summed E-state index contributed by atoms with van der Waals surface area (Å²) in [4.78, 5) is 49.0. The molecule has 1 aromatic carbocycles. The largest absolute Gasteiger partial charge is 0.481 e. The molecule has 178 valence electrons. The van der Waals surface area contributed by atoms with Crippen molar-refractivity contribution in [3.8, 4) is 0 Å². The number of nitrogens with zero attached hydrogens (tertiary/aromatic N) is 2. The smallest absolute Gasteiger partial charge is 0.304 e. The Hall–Kier alpha value is -3.16. The molecule has 0 fully saturated rings. The number of hydrogen-bond acceptors (Lipinski definition) is 5. The first-order valence-corrected chi connectivity index (χ1v) is 11.0. The third-order valence-electron chi connectivity index (χ3n) is 5.71. The van der Waals surface area contributed by atoms with Crippen molar-refractivity contribution in [1.82, 2.24) is 9.78 Å². The van der Waals surface area contributed by atoms with Crippen molar-refractivity contribution in [2.75, 3.05) is 6.67 Å². The molecule has 0 bridgehead atoms. The summed E-state index contributed by atoms with van der Waals surface area (Å²) < 4.78 is 14.2. The van der Waals surface area contributed by atoms with E-state index in [1.54, 1.807) is 6.92 Å². The quantitative estimate of drug-likeness (QED) is 0.551. The van der Waals surface area contributed by atoms with Gasteiger partial charge in [-0.05, 0) is 29.0 Å². The number of ketones is 2. The normalized spacial score (nSPS) is 13.4. The zero-order valence-electron chi connectivity index (χ0n) is 19.5. The highest BCUT2D eigenvalue weighted by Gasteiger charge is 2.30. The van der Waals surface area contributed by atoms with Crippen LogP contribution >= 0.6 is 0 Å². The maximum Gasteiger partial charge on any atom is 0.304 e. The second-order valence-corrected chi connectivity index (χ2v) is 9.18. The van der Waals surface area contributed by atoms with Crippen molar-refractivity contribution in [3.63, 3.8) is 0 Å². The van der Waals surface area contributed by atoms with Crippen LogP contribution in [0.1, 0.15) is 69.6 Å². The molecule has 0 saturated heterocycles. The summed E-state index contributed by atoms with van der Waals surface area (Å²) >= 11 is 0. The number of aromatic nitrogens is 2. The molecule has 1 N–H and O–H groups in total. The van der Waals surface area contributed by atoms with Crippen LogP contribution in [-0.2, 0) is 26.3 Å². The number of aliphatic carboxylic acids is 1. The number of Topliss-reactive ketones (excluding diaryl/α,β-unsaturated/α-hetero) is 2. The predicted molar refractivity (Wildman–Crippen MR) is 122 cm³/mol. The zero-order chi connectivity index (χ0) is 24.8. The fourth-order valence-electron chi connectivity index (χ4n) is 4.02. The van der Waals surface area contributed by atoms with Crippen LogP contribution in [0, 0.1) is 5.92 Å². The summed E-state index contributed by atoms with van der Waals surface area (Å²) in [5.74, 6) is -4.77. The van der Waals surface area contributed by atoms with Crippen LogP contribution in [0.25, 0.3) is 0 Å². The Balaban J connectivity index is 2.37. The molecule has 7 nitrogen and oxygen atoms in total. The molecule has 2 rings (SSSR count). The lowest BCUT2D eigenvalue weighted by atomic mass is 9.83. The number of carboxylic acid groups (broad SMARTS) is 1. The topological polar surface area (TPSA) is 106 Å². The first-order valence-electron chi connectivity index (χ1n) is 11.0. The molecule has 0 radical (unpaired) electrons. The molecule has 0 aliphatic heterocycles. The van der Waals surface area contributed by atoms with Gasteiger partial charge in [0.1, 0.15) is 12.5 Å². The van der Waals surface area contributed by atoms with Crippen LogP contribution in [0.2, 0.25) is 0 Å². The van der Waals surface area contributed by atoms with Gasteiger partial charge in [0.25, 0.3) is 5.56 Å². The molecule has 0 aliphatic carbocycles. The molecule has 2 unspecified atom stereocenters. The lowest BCUT2D eigenvalue weighted by Gasteiger charge is -2.23. The monoisotopic (exact) mass is 458 g/mol. The lowest BCUT2D eigenvalue weighted by molar-refractivity contribution is -0.141. The maximum atomic E-state index is 13.2. The molecule has 2 aromatic rings. The number of halogens is 1. The van der Waals surface area contributed by atoms with E-state index in [1.807, 2.05) is 24.3 Å². The number of carbonyl (C=O) groups excluding carboxylic acids is 2. The first kappa shape index (κ1) is 26.1. The maximum absolute atomic E-state index is 13.2. The molecule has 2 atom stereocenters. The fourth-order valence-corrected chi connectivity index (χ4v) is 4.02. The summed E-state index contributed by atoms with van der Waals surface area (Å²) in [6, 6.07) is 9.25. The summed E-state index contributed by atoms with van der Waals surface area (Å²) in [5, 5.41) is 13.2. The highest BCUT2D eigenvalue weighted by Crippen LogP contribution is 2.26. The van der Waals surface area contributed by atoms with Gasteiger partial charge in [-0.15, -0.1) is 0 Å². The Labute approximate surface area is 192 Å². The van der Waals surface area contributed by atoms with Crippen LogP contribution in [0.4, 0.5) is 4.39 Å². The number of carboxylic acids is 1. The summed E-state index contributed by atoms with van der Waals surface area (Å²) in [7, 11) is 0. The number of alkyl halides is 1. The fraction of sp³-hybridized carbons (Fsp3) is 0.480. The van der Waals surface area contributed by atoms with E-state index < -0.39 is 54.4 Å². The van der Waals surface area contributed by atoms with E-state index in [1.165, 1.54) is 16.9 Å². The summed E-state index contributed by atoms with van der Waals surface area (Å²) in [6.07, 6.45) is 0.672. The number of benzene rings is 1. The standard InChI is InChI=1S/C25H31FN2O5/c1-5-18(21(29)12-17(13-23(31)32)22(30)14-26)19-10-11-27-28(24(19)33)15-16-8-6-7-9-20(16)25(2,3)4/h6-11,17-18H,5,12-15H2,1-4H3,(H,31,32). The number of carbonyl (C=O) groups is 3. The Morgan fingerprint density at radius 3 is 2.33 bits per heavy atom. The number of hydrogen-bond donors (Lipinski definition) is 1. The van der Waals surface area contributed by atoms with Crippen LogP contribution in [-0.4, -0.2) is 39.1 Å². The van der Waals surface area contributed by atoms with Crippen molar-refractivity contribution in [1.29, 1.82) is 0 Å². The van der Waals surface area contributed by atoms with Crippen LogP contribution < -0.4 is 5.56 Å². The Bertz CT molecular complexity index is 1070. The molecule has 1 aromatic heterocycles. The Morgan fingerprint density at radius 1 is 1.09 bits per heavy atom. The highest BCUT2D eigenvalue weighted by molar-refractivity contribution is 5.93. The molecule has 1 heterocycles. The SMILES string of the molecule is CCC(C(=O)CC(CC(=O)O)C(=O)CF)c1ccnn(Cc2ccccc2C(C)(C)C)c1=O. The van der Waals surface area contributed by atoms with Gasteiger partial charge < -0.3 is 5.11 Å². The third kappa shape index (κ3) is 6.66. The van der Waals surface area contributed by atoms with E-state index in [2.05, 4.69) is 25.9 Å². The van der Waals surface area contributed by atoms with Gasteiger partial charge in [-0.1, -0.05) is 52.0 Å². The minimum absolute atomic E-state index is 0.137. The molecule has 33 heavy (non-hydrogen) atoms. The first-order chi connectivity index (χ1) is 15.5. The minimum Gasteiger partial charge on any atom is -0.481 e. The Morgan fingerprint density at radius 2 is 1.76 bits per heavy atom. The van der Waals surface area contributed by atoms with E-state index in [4.69, 9.17) is 5.11 Å². The van der Waals surface area contributed by atoms with Gasteiger partial charge in [0.05, 0.1) is 13.0 Å². The van der Waals surface area contributed by atoms with E-state index in [0.717, 1.165) is 11.1 Å². The molecule has 0 aliphatic rings. The van der Waals surface area contributed by atoms with E-state index in [0.29, 0.717) is 0 Å². The van der Waals surface area contributed by atoms with E-state index in [9.17, 15) is 23.6 Å². The molecule has 0 amide bonds. The van der Waals surface area contributed by atoms with Gasteiger partial charge in [-0.25, -0.2) is 9.07 Å².